The Morgan fingerprint density at radius 1 is 1.31 bits per heavy atom. The van der Waals surface area contributed by atoms with Crippen LogP contribution in [0.4, 0.5) is 5.69 Å². The molecular formula is C12H14N2OS. The third-order valence-electron chi connectivity index (χ3n) is 2.21. The van der Waals surface area contributed by atoms with Gasteiger partial charge in [0.1, 0.15) is 11.5 Å². The third-order valence-corrected chi connectivity index (χ3v) is 2.87. The molecule has 2 aromatic rings. The van der Waals surface area contributed by atoms with Crippen LogP contribution in [0.15, 0.2) is 39.9 Å². The monoisotopic (exact) mass is 234 g/mol. The molecule has 1 N–H and O–H groups in total. The lowest BCUT2D eigenvalue weighted by Gasteiger charge is -2.04. The van der Waals surface area contributed by atoms with Gasteiger partial charge in [-0.15, -0.1) is 11.8 Å². The topological polar surface area (TPSA) is 38.1 Å². The van der Waals surface area contributed by atoms with Crippen molar-refractivity contribution in [3.8, 4) is 0 Å². The summed E-state index contributed by atoms with van der Waals surface area (Å²) in [6.45, 7) is 2.63. The van der Waals surface area contributed by atoms with Crippen molar-refractivity contribution in [2.45, 2.75) is 18.5 Å². The molecule has 0 bridgehead atoms. The van der Waals surface area contributed by atoms with Crippen LogP contribution in [0, 0.1) is 6.92 Å². The summed E-state index contributed by atoms with van der Waals surface area (Å²) in [5.41, 5.74) is 1.01. The van der Waals surface area contributed by atoms with Gasteiger partial charge >= 0.3 is 0 Å². The van der Waals surface area contributed by atoms with Crippen molar-refractivity contribution in [2.75, 3.05) is 11.6 Å². The van der Waals surface area contributed by atoms with Crippen LogP contribution in [-0.2, 0) is 6.54 Å². The number of anilines is 1. The molecule has 0 radical (unpaired) electrons. The van der Waals surface area contributed by atoms with E-state index in [4.69, 9.17) is 4.42 Å². The first-order valence-corrected chi connectivity index (χ1v) is 6.29. The first kappa shape index (κ1) is 11.1. The molecule has 0 saturated carbocycles. The van der Waals surface area contributed by atoms with E-state index >= 15 is 0 Å². The first-order valence-electron chi connectivity index (χ1n) is 5.07. The van der Waals surface area contributed by atoms with Crippen LogP contribution in [-0.4, -0.2) is 11.2 Å². The van der Waals surface area contributed by atoms with Crippen molar-refractivity contribution in [1.82, 2.24) is 4.98 Å². The Morgan fingerprint density at radius 3 is 2.75 bits per heavy atom. The van der Waals surface area contributed by atoms with Crippen LogP contribution in [0.25, 0.3) is 0 Å². The van der Waals surface area contributed by atoms with Crippen LogP contribution in [0.5, 0.6) is 0 Å². The van der Waals surface area contributed by atoms with Crippen LogP contribution in [0.2, 0.25) is 0 Å². The van der Waals surface area contributed by atoms with Gasteiger partial charge in [0.2, 0.25) is 0 Å². The molecular weight excluding hydrogens is 220 g/mol. The van der Waals surface area contributed by atoms with E-state index in [-0.39, 0.29) is 0 Å². The number of hydrogen-bond donors (Lipinski definition) is 1. The van der Waals surface area contributed by atoms with Gasteiger partial charge in [0.15, 0.2) is 0 Å². The lowest BCUT2D eigenvalue weighted by Crippen LogP contribution is -1.98. The van der Waals surface area contributed by atoms with Crippen LogP contribution < -0.4 is 5.32 Å². The van der Waals surface area contributed by atoms with E-state index in [1.807, 2.05) is 43.6 Å². The number of furan rings is 1. The quantitative estimate of drug-likeness (QED) is 0.824. The second-order valence-electron chi connectivity index (χ2n) is 3.46. The summed E-state index contributed by atoms with van der Waals surface area (Å²) in [7, 11) is 0. The Hall–Kier alpha value is -1.42. The maximum absolute atomic E-state index is 5.46. The van der Waals surface area contributed by atoms with Gasteiger partial charge in [0, 0.05) is 0 Å². The molecule has 3 nitrogen and oxygen atoms in total. The highest BCUT2D eigenvalue weighted by Gasteiger charge is 1.99. The molecule has 0 spiro atoms. The fourth-order valence-electron chi connectivity index (χ4n) is 1.37. The van der Waals surface area contributed by atoms with Crippen molar-refractivity contribution in [1.29, 1.82) is 0 Å². The van der Waals surface area contributed by atoms with E-state index < -0.39 is 0 Å². The Kier molecular flexibility index (Phi) is 3.51. The highest BCUT2D eigenvalue weighted by atomic mass is 32.2. The normalized spacial score (nSPS) is 10.4. The summed E-state index contributed by atoms with van der Waals surface area (Å²) in [4.78, 5) is 4.28. The van der Waals surface area contributed by atoms with Gasteiger partial charge in [-0.3, -0.25) is 0 Å². The summed E-state index contributed by atoms with van der Waals surface area (Å²) in [5.74, 6) is 1.87. The Labute approximate surface area is 99.3 Å². The minimum absolute atomic E-state index is 0.689. The highest BCUT2D eigenvalue weighted by molar-refractivity contribution is 7.98. The van der Waals surface area contributed by atoms with E-state index in [0.29, 0.717) is 6.54 Å². The molecule has 84 valence electrons. The molecule has 0 atom stereocenters. The van der Waals surface area contributed by atoms with Crippen molar-refractivity contribution in [3.63, 3.8) is 0 Å². The van der Waals surface area contributed by atoms with Crippen LogP contribution in [0.3, 0.4) is 0 Å². The zero-order valence-electron chi connectivity index (χ0n) is 9.36. The fraction of sp³-hybridized carbons (Fsp3) is 0.250. The van der Waals surface area contributed by atoms with E-state index in [1.54, 1.807) is 11.8 Å². The Morgan fingerprint density at radius 2 is 2.19 bits per heavy atom. The summed E-state index contributed by atoms with van der Waals surface area (Å²) >= 11 is 1.64. The van der Waals surface area contributed by atoms with Gasteiger partial charge in [-0.25, -0.2) is 4.98 Å². The smallest absolute Gasteiger partial charge is 0.123 e. The number of hydrogen-bond acceptors (Lipinski definition) is 4. The average molecular weight is 234 g/mol. The summed E-state index contributed by atoms with van der Waals surface area (Å²) in [6, 6.07) is 7.97. The molecule has 0 aliphatic rings. The van der Waals surface area contributed by atoms with Gasteiger partial charge in [-0.1, -0.05) is 0 Å². The zero-order chi connectivity index (χ0) is 11.4. The third kappa shape index (κ3) is 2.79. The van der Waals surface area contributed by atoms with E-state index in [2.05, 4.69) is 10.3 Å². The number of pyridine rings is 1. The molecule has 2 rings (SSSR count). The van der Waals surface area contributed by atoms with Crippen molar-refractivity contribution in [3.05, 3.63) is 42.0 Å². The fourth-order valence-corrected chi connectivity index (χ4v) is 1.74. The summed E-state index contributed by atoms with van der Waals surface area (Å²) < 4.78 is 5.46. The van der Waals surface area contributed by atoms with Gasteiger partial charge in [0.05, 0.1) is 23.5 Å². The van der Waals surface area contributed by atoms with Crippen LogP contribution >= 0.6 is 11.8 Å². The lowest BCUT2D eigenvalue weighted by molar-refractivity contribution is 0.490. The Balaban J connectivity index is 1.94. The van der Waals surface area contributed by atoms with Gasteiger partial charge in [-0.05, 0) is 37.4 Å². The molecule has 0 aliphatic heterocycles. The molecule has 0 aromatic carbocycles. The predicted molar refractivity (Wildman–Crippen MR) is 66.8 cm³/mol. The number of rotatable bonds is 4. The van der Waals surface area contributed by atoms with Crippen molar-refractivity contribution < 1.29 is 4.42 Å². The van der Waals surface area contributed by atoms with E-state index in [1.165, 1.54) is 0 Å². The number of nitrogens with zero attached hydrogens (tertiary/aromatic N) is 1. The molecule has 0 unspecified atom stereocenters. The molecule has 0 aliphatic carbocycles. The second-order valence-corrected chi connectivity index (χ2v) is 4.28. The maximum atomic E-state index is 5.46. The van der Waals surface area contributed by atoms with Gasteiger partial charge in [-0.2, -0.15) is 0 Å². The number of aryl methyl sites for hydroxylation is 1. The van der Waals surface area contributed by atoms with Crippen molar-refractivity contribution >= 4 is 17.4 Å². The number of aromatic nitrogens is 1. The molecule has 2 heterocycles. The highest BCUT2D eigenvalue weighted by Crippen LogP contribution is 2.15. The molecule has 0 saturated heterocycles. The lowest BCUT2D eigenvalue weighted by atomic mass is 10.4. The second kappa shape index (κ2) is 5.07. The molecule has 0 fully saturated rings. The predicted octanol–water partition coefficient (Wildman–Crippen LogP) is 3.32. The summed E-state index contributed by atoms with van der Waals surface area (Å²) in [6.07, 6.45) is 3.85. The average Bonchev–Trinajstić information content (AvgIpc) is 2.73. The largest absolute Gasteiger partial charge is 0.465 e. The molecule has 4 heteroatoms. The molecule has 16 heavy (non-hydrogen) atoms. The van der Waals surface area contributed by atoms with Gasteiger partial charge < -0.3 is 9.73 Å². The first-order chi connectivity index (χ1) is 7.78. The zero-order valence-corrected chi connectivity index (χ0v) is 10.2. The van der Waals surface area contributed by atoms with Gasteiger partial charge in [0.25, 0.3) is 0 Å². The number of thioether (sulfide) groups is 1. The molecule has 0 amide bonds. The van der Waals surface area contributed by atoms with Crippen LogP contribution in [0.1, 0.15) is 11.5 Å². The number of nitrogens with one attached hydrogen (secondary N) is 1. The summed E-state index contributed by atoms with van der Waals surface area (Å²) in [5, 5.41) is 4.29. The SMILES string of the molecule is CSc1ccc(NCc2ccc(C)o2)cn1. The molecule has 2 aromatic heterocycles. The minimum atomic E-state index is 0.689. The maximum Gasteiger partial charge on any atom is 0.123 e. The van der Waals surface area contributed by atoms with E-state index in [0.717, 1.165) is 22.2 Å². The standard InChI is InChI=1S/C12H14N2OS/c1-9-3-5-11(15-9)8-13-10-4-6-12(16-2)14-7-10/h3-7,13H,8H2,1-2H3. The van der Waals surface area contributed by atoms with E-state index in [9.17, 15) is 0 Å². The Bertz CT molecular complexity index is 450. The van der Waals surface area contributed by atoms with Crippen molar-refractivity contribution in [2.24, 2.45) is 0 Å². The minimum Gasteiger partial charge on any atom is -0.465 e.